The van der Waals surface area contributed by atoms with Crippen molar-refractivity contribution in [3.63, 3.8) is 0 Å². The molecule has 20 heavy (non-hydrogen) atoms. The van der Waals surface area contributed by atoms with Crippen molar-refractivity contribution in [1.29, 1.82) is 5.26 Å². The Morgan fingerprint density at radius 2 is 1.85 bits per heavy atom. The molecule has 0 amide bonds. The largest absolute Gasteiger partial charge is 0.416 e. The van der Waals surface area contributed by atoms with Crippen molar-refractivity contribution >= 4 is 11.8 Å². The van der Waals surface area contributed by atoms with Crippen molar-refractivity contribution in [2.75, 3.05) is 0 Å². The van der Waals surface area contributed by atoms with E-state index in [0.717, 1.165) is 29.5 Å². The first-order valence-corrected chi connectivity index (χ1v) is 6.29. The number of aromatic nitrogens is 2. The zero-order valence-corrected chi connectivity index (χ0v) is 11.1. The van der Waals surface area contributed by atoms with Crippen molar-refractivity contribution in [2.45, 2.75) is 23.2 Å². The first kappa shape index (κ1) is 14.3. The van der Waals surface area contributed by atoms with Crippen LogP contribution < -0.4 is 0 Å². The van der Waals surface area contributed by atoms with Gasteiger partial charge in [0.15, 0.2) is 5.16 Å². The van der Waals surface area contributed by atoms with Crippen LogP contribution in [0.15, 0.2) is 40.6 Å². The van der Waals surface area contributed by atoms with Crippen LogP contribution in [0.2, 0.25) is 0 Å². The summed E-state index contributed by atoms with van der Waals surface area (Å²) in [5.74, 6) is 0. The van der Waals surface area contributed by atoms with Gasteiger partial charge in [0, 0.05) is 17.3 Å². The molecule has 102 valence electrons. The predicted molar refractivity (Wildman–Crippen MR) is 67.1 cm³/mol. The fourth-order valence-corrected chi connectivity index (χ4v) is 2.17. The van der Waals surface area contributed by atoms with Crippen molar-refractivity contribution in [1.82, 2.24) is 9.97 Å². The predicted octanol–water partition coefficient (Wildman–Crippen LogP) is 3.83. The molecule has 0 saturated heterocycles. The van der Waals surface area contributed by atoms with E-state index in [0.29, 0.717) is 10.1 Å². The number of alkyl halides is 3. The normalized spacial score (nSPS) is 11.2. The highest BCUT2D eigenvalue weighted by Crippen LogP contribution is 2.34. The Labute approximate surface area is 117 Å². The summed E-state index contributed by atoms with van der Waals surface area (Å²) in [4.78, 5) is 8.47. The molecule has 0 aliphatic rings. The van der Waals surface area contributed by atoms with Gasteiger partial charge in [-0.05, 0) is 42.4 Å². The molecule has 0 N–H and O–H groups in total. The van der Waals surface area contributed by atoms with E-state index in [1.807, 2.05) is 6.92 Å². The lowest BCUT2D eigenvalue weighted by atomic mass is 10.1. The number of halogens is 3. The number of nitriles is 1. The Hall–Kier alpha value is -2.07. The van der Waals surface area contributed by atoms with Crippen LogP contribution in [0.3, 0.4) is 0 Å². The Morgan fingerprint density at radius 3 is 2.40 bits per heavy atom. The summed E-state index contributed by atoms with van der Waals surface area (Å²) in [6.45, 7) is 1.83. The fraction of sp³-hybridized carbons (Fsp3) is 0.154. The summed E-state index contributed by atoms with van der Waals surface area (Å²) in [7, 11) is 0. The smallest absolute Gasteiger partial charge is 0.231 e. The Bertz CT molecular complexity index is 660. The lowest BCUT2D eigenvalue weighted by Crippen LogP contribution is -2.05. The quantitative estimate of drug-likeness (QED) is 0.790. The van der Waals surface area contributed by atoms with E-state index in [-0.39, 0.29) is 5.56 Å². The number of rotatable bonds is 2. The van der Waals surface area contributed by atoms with E-state index in [2.05, 4.69) is 9.97 Å². The van der Waals surface area contributed by atoms with Gasteiger partial charge in [-0.1, -0.05) is 0 Å². The van der Waals surface area contributed by atoms with E-state index in [1.165, 1.54) is 6.07 Å². The molecular weight excluding hydrogens is 287 g/mol. The second kappa shape index (κ2) is 5.51. The van der Waals surface area contributed by atoms with Crippen molar-refractivity contribution < 1.29 is 13.2 Å². The van der Waals surface area contributed by atoms with Gasteiger partial charge in [0.05, 0.1) is 11.1 Å². The highest BCUT2D eigenvalue weighted by Gasteiger charge is 2.31. The van der Waals surface area contributed by atoms with E-state index >= 15 is 0 Å². The van der Waals surface area contributed by atoms with Crippen molar-refractivity contribution in [2.24, 2.45) is 0 Å². The maximum atomic E-state index is 12.6. The van der Waals surface area contributed by atoms with Gasteiger partial charge in [-0.15, -0.1) is 0 Å². The first-order valence-electron chi connectivity index (χ1n) is 5.48. The molecule has 0 fully saturated rings. The highest BCUT2D eigenvalue weighted by molar-refractivity contribution is 7.99. The van der Waals surface area contributed by atoms with Crippen LogP contribution in [-0.4, -0.2) is 9.97 Å². The molecule has 1 aromatic carbocycles. The molecule has 0 saturated carbocycles. The Kier molecular flexibility index (Phi) is 3.95. The lowest BCUT2D eigenvalue weighted by Gasteiger charge is -2.09. The van der Waals surface area contributed by atoms with E-state index in [4.69, 9.17) is 5.26 Å². The molecule has 0 atom stereocenters. The monoisotopic (exact) mass is 295 g/mol. The second-order valence-electron chi connectivity index (χ2n) is 3.97. The summed E-state index contributed by atoms with van der Waals surface area (Å²) in [5, 5.41) is 9.34. The van der Waals surface area contributed by atoms with Crippen LogP contribution >= 0.6 is 11.8 Å². The summed E-state index contributed by atoms with van der Waals surface area (Å²) in [6, 6.07) is 4.79. The minimum atomic E-state index is -4.46. The summed E-state index contributed by atoms with van der Waals surface area (Å²) in [6.07, 6.45) is -1.26. The molecule has 0 aliphatic carbocycles. The summed E-state index contributed by atoms with van der Waals surface area (Å²) >= 11 is 1.05. The average Bonchev–Trinajstić information content (AvgIpc) is 2.40. The molecule has 2 aromatic rings. The molecule has 7 heteroatoms. The molecule has 0 bridgehead atoms. The highest BCUT2D eigenvalue weighted by atomic mass is 32.2. The molecule has 0 unspecified atom stereocenters. The van der Waals surface area contributed by atoms with Gasteiger partial charge in [0.25, 0.3) is 0 Å². The van der Waals surface area contributed by atoms with E-state index < -0.39 is 11.7 Å². The molecule has 0 aliphatic heterocycles. The molecule has 2 rings (SSSR count). The van der Waals surface area contributed by atoms with Crippen molar-refractivity contribution in [3.8, 4) is 6.07 Å². The van der Waals surface area contributed by atoms with Crippen molar-refractivity contribution in [3.05, 3.63) is 47.3 Å². The topological polar surface area (TPSA) is 49.6 Å². The zero-order valence-electron chi connectivity index (χ0n) is 10.3. The van der Waals surface area contributed by atoms with Gasteiger partial charge in [-0.25, -0.2) is 9.97 Å². The van der Waals surface area contributed by atoms with Gasteiger partial charge in [-0.3, -0.25) is 0 Å². The van der Waals surface area contributed by atoms with Gasteiger partial charge in [0.1, 0.15) is 6.07 Å². The molecule has 3 nitrogen and oxygen atoms in total. The Morgan fingerprint density at radius 1 is 1.20 bits per heavy atom. The van der Waals surface area contributed by atoms with Crippen LogP contribution in [0.5, 0.6) is 0 Å². The van der Waals surface area contributed by atoms with Crippen LogP contribution in [-0.2, 0) is 6.18 Å². The third-order valence-electron chi connectivity index (χ3n) is 2.39. The lowest BCUT2D eigenvalue weighted by molar-refractivity contribution is -0.137. The molecule has 1 heterocycles. The third-order valence-corrected chi connectivity index (χ3v) is 3.36. The minimum Gasteiger partial charge on any atom is -0.231 e. The Balaban J connectivity index is 2.33. The summed E-state index contributed by atoms with van der Waals surface area (Å²) < 4.78 is 37.7. The second-order valence-corrected chi connectivity index (χ2v) is 4.97. The number of hydrogen-bond acceptors (Lipinski definition) is 4. The van der Waals surface area contributed by atoms with Crippen LogP contribution in [0, 0.1) is 18.3 Å². The van der Waals surface area contributed by atoms with Crippen LogP contribution in [0.25, 0.3) is 0 Å². The van der Waals surface area contributed by atoms with Gasteiger partial charge in [0.2, 0.25) is 0 Å². The number of benzene rings is 1. The fourth-order valence-electron chi connectivity index (χ4n) is 1.41. The number of hydrogen-bond donors (Lipinski definition) is 0. The van der Waals surface area contributed by atoms with Crippen LogP contribution in [0.4, 0.5) is 13.2 Å². The maximum absolute atomic E-state index is 12.6. The summed E-state index contributed by atoms with van der Waals surface area (Å²) in [5.41, 5.74) is -0.0144. The molecule has 0 radical (unpaired) electrons. The molecule has 0 spiro atoms. The number of aryl methyl sites for hydroxylation is 1. The van der Waals surface area contributed by atoms with Crippen LogP contribution in [0.1, 0.15) is 16.7 Å². The maximum Gasteiger partial charge on any atom is 0.416 e. The van der Waals surface area contributed by atoms with E-state index in [1.54, 1.807) is 18.5 Å². The SMILES string of the molecule is Cc1cnc(Sc2ccc(C(F)(F)F)cc2C#N)nc1. The molecular formula is C13H8F3N3S. The van der Waals surface area contributed by atoms with Gasteiger partial charge in [-0.2, -0.15) is 18.4 Å². The minimum absolute atomic E-state index is 0.0472. The first-order chi connectivity index (χ1) is 9.40. The van der Waals surface area contributed by atoms with E-state index in [9.17, 15) is 13.2 Å². The standard InChI is InChI=1S/C13H8F3N3S/c1-8-6-18-12(19-7-8)20-11-3-2-10(13(14,15)16)4-9(11)5-17/h2-4,6-7H,1H3. The number of nitrogens with zero attached hydrogens (tertiary/aromatic N) is 3. The third kappa shape index (κ3) is 3.27. The van der Waals surface area contributed by atoms with Gasteiger partial charge >= 0.3 is 6.18 Å². The zero-order chi connectivity index (χ0) is 14.8. The van der Waals surface area contributed by atoms with Gasteiger partial charge < -0.3 is 0 Å². The molecule has 1 aromatic heterocycles. The average molecular weight is 295 g/mol.